The third kappa shape index (κ3) is 4.72. The molecular weight excluding hydrogens is 506 g/mol. The number of rotatable bonds is 8. The van der Waals surface area contributed by atoms with Gasteiger partial charge in [-0.3, -0.25) is 14.1 Å². The minimum atomic E-state index is -0.0404. The van der Waals surface area contributed by atoms with Gasteiger partial charge in [0.15, 0.2) is 5.82 Å². The number of aromatic nitrogens is 7. The Hall–Kier alpha value is -3.85. The SMILES string of the molecule is CCCCc1cn(-c2ccccc2Br)c(=O)n1Cc1ccc(-c2ccncc2-c2nnn[nH]2)cc1. The van der Waals surface area contributed by atoms with E-state index >= 15 is 0 Å². The van der Waals surface area contributed by atoms with Crippen LogP contribution in [0.3, 0.4) is 0 Å². The molecule has 0 saturated heterocycles. The number of aryl methyl sites for hydroxylation is 1. The molecular formula is C26H24BrN7O. The molecule has 5 rings (SSSR count). The number of hydrogen-bond acceptors (Lipinski definition) is 5. The fourth-order valence-electron chi connectivity index (χ4n) is 4.15. The Morgan fingerprint density at radius 2 is 1.86 bits per heavy atom. The lowest BCUT2D eigenvalue weighted by Gasteiger charge is -2.10. The average Bonchev–Trinajstić information content (AvgIpc) is 3.53. The maximum absolute atomic E-state index is 13.5. The Labute approximate surface area is 210 Å². The molecule has 0 atom stereocenters. The summed E-state index contributed by atoms with van der Waals surface area (Å²) in [5, 5.41) is 14.2. The van der Waals surface area contributed by atoms with Gasteiger partial charge >= 0.3 is 5.69 Å². The highest BCUT2D eigenvalue weighted by atomic mass is 79.9. The maximum Gasteiger partial charge on any atom is 0.333 e. The Kier molecular flexibility index (Phi) is 6.67. The number of hydrogen-bond donors (Lipinski definition) is 1. The lowest BCUT2D eigenvalue weighted by atomic mass is 10.00. The average molecular weight is 530 g/mol. The summed E-state index contributed by atoms with van der Waals surface area (Å²) in [5.74, 6) is 0.567. The van der Waals surface area contributed by atoms with Gasteiger partial charge in [-0.05, 0) is 74.1 Å². The summed E-state index contributed by atoms with van der Waals surface area (Å²) in [6.07, 6.45) is 8.42. The van der Waals surface area contributed by atoms with Crippen LogP contribution in [0.4, 0.5) is 0 Å². The summed E-state index contributed by atoms with van der Waals surface area (Å²) in [4.78, 5) is 17.7. The Morgan fingerprint density at radius 3 is 2.60 bits per heavy atom. The Balaban J connectivity index is 1.47. The van der Waals surface area contributed by atoms with E-state index < -0.39 is 0 Å². The van der Waals surface area contributed by atoms with E-state index in [0.717, 1.165) is 57.4 Å². The highest BCUT2D eigenvalue weighted by Gasteiger charge is 2.15. The summed E-state index contributed by atoms with van der Waals surface area (Å²) in [7, 11) is 0. The second kappa shape index (κ2) is 10.2. The molecule has 2 aromatic carbocycles. The van der Waals surface area contributed by atoms with Crippen molar-refractivity contribution in [1.29, 1.82) is 0 Å². The lowest BCUT2D eigenvalue weighted by molar-refractivity contribution is 0.674. The molecule has 8 nitrogen and oxygen atoms in total. The number of pyridine rings is 1. The predicted molar refractivity (Wildman–Crippen MR) is 138 cm³/mol. The monoisotopic (exact) mass is 529 g/mol. The zero-order valence-corrected chi connectivity index (χ0v) is 20.8. The van der Waals surface area contributed by atoms with Gasteiger partial charge in [0.1, 0.15) is 0 Å². The van der Waals surface area contributed by atoms with E-state index in [1.54, 1.807) is 17.0 Å². The van der Waals surface area contributed by atoms with Crippen molar-refractivity contribution >= 4 is 15.9 Å². The van der Waals surface area contributed by atoms with Crippen LogP contribution < -0.4 is 5.69 Å². The van der Waals surface area contributed by atoms with Crippen molar-refractivity contribution in [3.63, 3.8) is 0 Å². The smallest absolute Gasteiger partial charge is 0.292 e. The first kappa shape index (κ1) is 22.9. The standard InChI is InChI=1S/C26H24BrN7O/c1-2-3-6-20-17-34(24-8-5-4-7-23(24)27)26(35)33(20)16-18-9-11-19(12-10-18)21-13-14-28-15-22(21)25-29-31-32-30-25/h4-5,7-15,17H,2-3,6,16H2,1H3,(H,29,30,31,32). The largest absolute Gasteiger partial charge is 0.333 e. The second-order valence-corrected chi connectivity index (χ2v) is 9.14. The molecule has 0 amide bonds. The molecule has 176 valence electrons. The molecule has 35 heavy (non-hydrogen) atoms. The molecule has 0 bridgehead atoms. The van der Waals surface area contributed by atoms with Crippen LogP contribution in [0.15, 0.2) is 82.5 Å². The minimum Gasteiger partial charge on any atom is -0.292 e. The van der Waals surface area contributed by atoms with Gasteiger partial charge in [0.2, 0.25) is 0 Å². The Bertz CT molecular complexity index is 1490. The third-order valence-corrected chi connectivity index (χ3v) is 6.66. The number of halogens is 1. The van der Waals surface area contributed by atoms with E-state index in [2.05, 4.69) is 72.7 Å². The highest BCUT2D eigenvalue weighted by molar-refractivity contribution is 9.10. The van der Waals surface area contributed by atoms with E-state index in [1.165, 1.54) is 0 Å². The molecule has 9 heteroatoms. The summed E-state index contributed by atoms with van der Waals surface area (Å²) in [5.41, 5.74) is 5.71. The number of H-pyrrole nitrogens is 1. The first-order chi connectivity index (χ1) is 17.2. The summed E-state index contributed by atoms with van der Waals surface area (Å²) in [6.45, 7) is 2.67. The van der Waals surface area contributed by atoms with E-state index in [9.17, 15) is 4.79 Å². The summed E-state index contributed by atoms with van der Waals surface area (Å²) < 4.78 is 4.50. The van der Waals surface area contributed by atoms with Crippen molar-refractivity contribution in [3.8, 4) is 28.2 Å². The number of unbranched alkanes of at least 4 members (excludes halogenated alkanes) is 1. The van der Waals surface area contributed by atoms with Gasteiger partial charge in [-0.1, -0.05) is 49.7 Å². The molecule has 3 heterocycles. The first-order valence-corrected chi connectivity index (χ1v) is 12.3. The van der Waals surface area contributed by atoms with Crippen LogP contribution in [0.2, 0.25) is 0 Å². The molecule has 0 aliphatic rings. The fourth-order valence-corrected chi connectivity index (χ4v) is 4.63. The van der Waals surface area contributed by atoms with Crippen LogP contribution in [-0.4, -0.2) is 34.7 Å². The molecule has 0 unspecified atom stereocenters. The van der Waals surface area contributed by atoms with Crippen LogP contribution in [0.5, 0.6) is 0 Å². The molecule has 0 radical (unpaired) electrons. The van der Waals surface area contributed by atoms with Gasteiger partial charge in [-0.25, -0.2) is 9.89 Å². The molecule has 0 fully saturated rings. The van der Waals surface area contributed by atoms with Crippen molar-refractivity contribution in [3.05, 3.63) is 99.4 Å². The molecule has 0 aliphatic heterocycles. The Morgan fingerprint density at radius 1 is 1.03 bits per heavy atom. The molecule has 3 aromatic heterocycles. The number of nitrogens with zero attached hydrogens (tertiary/aromatic N) is 6. The number of aromatic amines is 1. The van der Waals surface area contributed by atoms with E-state index in [0.29, 0.717) is 12.4 Å². The van der Waals surface area contributed by atoms with Gasteiger partial charge < -0.3 is 0 Å². The second-order valence-electron chi connectivity index (χ2n) is 8.28. The van der Waals surface area contributed by atoms with Gasteiger partial charge in [0.05, 0.1) is 12.2 Å². The van der Waals surface area contributed by atoms with Crippen LogP contribution in [0, 0.1) is 0 Å². The van der Waals surface area contributed by atoms with Crippen molar-refractivity contribution in [2.45, 2.75) is 32.7 Å². The summed E-state index contributed by atoms with van der Waals surface area (Å²) in [6, 6.07) is 18.0. The van der Waals surface area contributed by atoms with Crippen LogP contribution in [0.1, 0.15) is 31.0 Å². The fraction of sp³-hybridized carbons (Fsp3) is 0.192. The van der Waals surface area contributed by atoms with Crippen molar-refractivity contribution in [2.24, 2.45) is 0 Å². The van der Waals surface area contributed by atoms with Crippen LogP contribution in [-0.2, 0) is 13.0 Å². The molecule has 0 saturated carbocycles. The number of nitrogens with one attached hydrogen (secondary N) is 1. The highest BCUT2D eigenvalue weighted by Crippen LogP contribution is 2.29. The van der Waals surface area contributed by atoms with Crippen LogP contribution >= 0.6 is 15.9 Å². The number of tetrazole rings is 1. The van der Waals surface area contributed by atoms with Gasteiger partial charge in [0.25, 0.3) is 0 Å². The van der Waals surface area contributed by atoms with Gasteiger partial charge in [-0.15, -0.1) is 5.10 Å². The lowest BCUT2D eigenvalue weighted by Crippen LogP contribution is -2.25. The summed E-state index contributed by atoms with van der Waals surface area (Å²) >= 11 is 3.58. The number of benzene rings is 2. The van der Waals surface area contributed by atoms with Gasteiger partial charge in [0, 0.05) is 34.3 Å². The quantitative estimate of drug-likeness (QED) is 0.304. The molecule has 0 aliphatic carbocycles. The minimum absolute atomic E-state index is 0.0404. The van der Waals surface area contributed by atoms with E-state index in [1.807, 2.05) is 41.1 Å². The molecule has 0 spiro atoms. The number of para-hydroxylation sites is 1. The van der Waals surface area contributed by atoms with E-state index in [4.69, 9.17) is 0 Å². The first-order valence-electron chi connectivity index (χ1n) is 11.5. The van der Waals surface area contributed by atoms with E-state index in [-0.39, 0.29) is 5.69 Å². The predicted octanol–water partition coefficient (Wildman–Crippen LogP) is 5.03. The number of imidazole rings is 1. The maximum atomic E-state index is 13.5. The zero-order valence-electron chi connectivity index (χ0n) is 19.2. The van der Waals surface area contributed by atoms with Crippen molar-refractivity contribution in [1.82, 2.24) is 34.7 Å². The molecule has 5 aromatic rings. The third-order valence-electron chi connectivity index (χ3n) is 5.99. The topological polar surface area (TPSA) is 94.3 Å². The van der Waals surface area contributed by atoms with Crippen molar-refractivity contribution in [2.75, 3.05) is 0 Å². The van der Waals surface area contributed by atoms with Gasteiger partial charge in [-0.2, -0.15) is 0 Å². The van der Waals surface area contributed by atoms with Crippen LogP contribution in [0.25, 0.3) is 28.2 Å². The molecule has 1 N–H and O–H groups in total. The van der Waals surface area contributed by atoms with Crippen molar-refractivity contribution < 1.29 is 0 Å². The normalized spacial score (nSPS) is 11.1. The zero-order chi connectivity index (χ0) is 24.2.